The Kier molecular flexibility index (Phi) is 4.27. The van der Waals surface area contributed by atoms with Gasteiger partial charge >= 0.3 is 0 Å². The molecule has 0 aliphatic heterocycles. The first-order valence-electron chi connectivity index (χ1n) is 5.79. The Morgan fingerprint density at radius 1 is 1.33 bits per heavy atom. The van der Waals surface area contributed by atoms with Crippen molar-refractivity contribution in [1.29, 1.82) is 0 Å². The van der Waals surface area contributed by atoms with Crippen LogP contribution in [0.3, 0.4) is 0 Å². The maximum absolute atomic E-state index is 6.27. The normalized spacial score (nSPS) is 12.7. The molecule has 5 heteroatoms. The van der Waals surface area contributed by atoms with Crippen LogP contribution in [0.2, 0.25) is 10.0 Å². The molecule has 18 heavy (non-hydrogen) atoms. The molecule has 2 aromatic rings. The van der Waals surface area contributed by atoms with Crippen molar-refractivity contribution in [1.82, 2.24) is 15.1 Å². The molecule has 0 radical (unpaired) electrons. The number of nitrogens with zero attached hydrogens (tertiary/aromatic N) is 2. The van der Waals surface area contributed by atoms with Crippen molar-refractivity contribution in [2.24, 2.45) is 7.05 Å². The average molecular weight is 284 g/mol. The lowest BCUT2D eigenvalue weighted by Crippen LogP contribution is -2.22. The van der Waals surface area contributed by atoms with Crippen molar-refractivity contribution in [3.63, 3.8) is 0 Å². The molecule has 1 atom stereocenters. The molecule has 0 amide bonds. The first kappa shape index (κ1) is 13.4. The summed E-state index contributed by atoms with van der Waals surface area (Å²) in [5, 5.41) is 8.91. The summed E-state index contributed by atoms with van der Waals surface area (Å²) in [4.78, 5) is 0. The minimum atomic E-state index is -0.0371. The lowest BCUT2D eigenvalue weighted by molar-refractivity contribution is 0.630. The van der Waals surface area contributed by atoms with Crippen LogP contribution in [-0.4, -0.2) is 16.3 Å². The number of aryl methyl sites for hydroxylation is 1. The average Bonchev–Trinajstić information content (AvgIpc) is 2.74. The van der Waals surface area contributed by atoms with Gasteiger partial charge in [0.25, 0.3) is 0 Å². The second-order valence-corrected chi connectivity index (χ2v) is 4.89. The summed E-state index contributed by atoms with van der Waals surface area (Å²) in [5.74, 6) is 0. The van der Waals surface area contributed by atoms with Gasteiger partial charge in [0.15, 0.2) is 0 Å². The van der Waals surface area contributed by atoms with E-state index in [2.05, 4.69) is 10.4 Å². The zero-order valence-corrected chi connectivity index (χ0v) is 11.8. The predicted octanol–water partition coefficient (Wildman–Crippen LogP) is 3.43. The van der Waals surface area contributed by atoms with E-state index >= 15 is 0 Å². The topological polar surface area (TPSA) is 29.9 Å². The number of hydrogen-bond acceptors (Lipinski definition) is 2. The fourth-order valence-electron chi connectivity index (χ4n) is 1.97. The molecule has 1 N–H and O–H groups in total. The van der Waals surface area contributed by atoms with Gasteiger partial charge in [0.05, 0.1) is 12.2 Å². The minimum absolute atomic E-state index is 0.0371. The van der Waals surface area contributed by atoms with E-state index in [0.717, 1.165) is 17.7 Å². The van der Waals surface area contributed by atoms with E-state index in [1.54, 1.807) is 4.68 Å². The standard InChI is InChI=1S/C13H15Cl2N3/c1-3-16-13(9-7-17-18(2)8-9)12-10(14)5-4-6-11(12)15/h4-8,13,16H,3H2,1-2H3. The van der Waals surface area contributed by atoms with Gasteiger partial charge in [0.1, 0.15) is 0 Å². The summed E-state index contributed by atoms with van der Waals surface area (Å²) < 4.78 is 1.77. The van der Waals surface area contributed by atoms with Crippen molar-refractivity contribution in [2.45, 2.75) is 13.0 Å². The Labute approximate surface area is 117 Å². The molecule has 0 aliphatic carbocycles. The highest BCUT2D eigenvalue weighted by Crippen LogP contribution is 2.33. The Bertz CT molecular complexity index is 517. The zero-order valence-electron chi connectivity index (χ0n) is 10.3. The van der Waals surface area contributed by atoms with Crippen LogP contribution in [0.25, 0.3) is 0 Å². The number of nitrogens with one attached hydrogen (secondary N) is 1. The highest BCUT2D eigenvalue weighted by Gasteiger charge is 2.20. The molecule has 0 saturated carbocycles. The van der Waals surface area contributed by atoms with Gasteiger partial charge in [0, 0.05) is 34.4 Å². The van der Waals surface area contributed by atoms with Crippen LogP contribution < -0.4 is 5.32 Å². The number of hydrogen-bond donors (Lipinski definition) is 1. The Morgan fingerprint density at radius 2 is 2.00 bits per heavy atom. The van der Waals surface area contributed by atoms with E-state index in [9.17, 15) is 0 Å². The summed E-state index contributed by atoms with van der Waals surface area (Å²) >= 11 is 12.5. The number of benzene rings is 1. The molecule has 0 aliphatic rings. The van der Waals surface area contributed by atoms with Crippen molar-refractivity contribution >= 4 is 23.2 Å². The van der Waals surface area contributed by atoms with Gasteiger partial charge in [-0.1, -0.05) is 36.2 Å². The SMILES string of the molecule is CCNC(c1cnn(C)c1)c1c(Cl)cccc1Cl. The lowest BCUT2D eigenvalue weighted by atomic mass is 10.0. The Morgan fingerprint density at radius 3 is 2.50 bits per heavy atom. The van der Waals surface area contributed by atoms with E-state index in [1.807, 2.05) is 44.6 Å². The van der Waals surface area contributed by atoms with Gasteiger partial charge in [-0.25, -0.2) is 0 Å². The second kappa shape index (κ2) is 5.74. The van der Waals surface area contributed by atoms with Crippen LogP contribution in [0.1, 0.15) is 24.1 Å². The Balaban J connectivity index is 2.47. The third kappa shape index (κ3) is 2.69. The largest absolute Gasteiger partial charge is 0.306 e. The van der Waals surface area contributed by atoms with E-state index in [-0.39, 0.29) is 6.04 Å². The molecule has 0 spiro atoms. The Hall–Kier alpha value is -1.03. The maximum atomic E-state index is 6.27. The summed E-state index contributed by atoms with van der Waals surface area (Å²) in [6.07, 6.45) is 3.79. The van der Waals surface area contributed by atoms with E-state index < -0.39 is 0 Å². The van der Waals surface area contributed by atoms with Crippen LogP contribution in [0.5, 0.6) is 0 Å². The first-order valence-corrected chi connectivity index (χ1v) is 6.55. The minimum Gasteiger partial charge on any atom is -0.306 e. The van der Waals surface area contributed by atoms with Crippen LogP contribution >= 0.6 is 23.2 Å². The monoisotopic (exact) mass is 283 g/mol. The van der Waals surface area contributed by atoms with Gasteiger partial charge < -0.3 is 5.32 Å². The van der Waals surface area contributed by atoms with E-state index in [0.29, 0.717) is 10.0 Å². The molecule has 1 aromatic heterocycles. The molecule has 3 nitrogen and oxygen atoms in total. The molecule has 1 aromatic carbocycles. The molecule has 0 bridgehead atoms. The van der Waals surface area contributed by atoms with E-state index in [4.69, 9.17) is 23.2 Å². The lowest BCUT2D eigenvalue weighted by Gasteiger charge is -2.19. The summed E-state index contributed by atoms with van der Waals surface area (Å²) in [5.41, 5.74) is 1.95. The van der Waals surface area contributed by atoms with Gasteiger partial charge in [0.2, 0.25) is 0 Å². The summed E-state index contributed by atoms with van der Waals surface area (Å²) in [7, 11) is 1.89. The second-order valence-electron chi connectivity index (χ2n) is 4.07. The van der Waals surface area contributed by atoms with Crippen LogP contribution in [0.4, 0.5) is 0 Å². The smallest absolute Gasteiger partial charge is 0.0637 e. The molecule has 1 unspecified atom stereocenters. The van der Waals surface area contributed by atoms with Crippen LogP contribution in [0, 0.1) is 0 Å². The molecule has 2 rings (SSSR count). The van der Waals surface area contributed by atoms with Crippen LogP contribution in [0.15, 0.2) is 30.6 Å². The van der Waals surface area contributed by atoms with Gasteiger partial charge in [-0.3, -0.25) is 4.68 Å². The van der Waals surface area contributed by atoms with Gasteiger partial charge in [-0.2, -0.15) is 5.10 Å². The predicted molar refractivity (Wildman–Crippen MR) is 75.2 cm³/mol. The first-order chi connectivity index (χ1) is 8.63. The number of halogens is 2. The molecular formula is C13H15Cl2N3. The molecule has 1 heterocycles. The highest BCUT2D eigenvalue weighted by molar-refractivity contribution is 6.36. The molecule has 96 valence electrons. The molecule has 0 saturated heterocycles. The fraction of sp³-hybridized carbons (Fsp3) is 0.308. The van der Waals surface area contributed by atoms with Gasteiger partial charge in [-0.05, 0) is 18.7 Å². The van der Waals surface area contributed by atoms with Crippen molar-refractivity contribution in [2.75, 3.05) is 6.54 Å². The summed E-state index contributed by atoms with van der Waals surface area (Å²) in [6, 6.07) is 5.51. The van der Waals surface area contributed by atoms with E-state index in [1.165, 1.54) is 0 Å². The van der Waals surface area contributed by atoms with Crippen molar-refractivity contribution in [3.8, 4) is 0 Å². The fourth-order valence-corrected chi connectivity index (χ4v) is 2.58. The van der Waals surface area contributed by atoms with Crippen molar-refractivity contribution < 1.29 is 0 Å². The third-order valence-electron chi connectivity index (χ3n) is 2.75. The number of rotatable bonds is 4. The van der Waals surface area contributed by atoms with Gasteiger partial charge in [-0.15, -0.1) is 0 Å². The third-order valence-corrected chi connectivity index (χ3v) is 3.41. The van der Waals surface area contributed by atoms with Crippen molar-refractivity contribution in [3.05, 3.63) is 51.8 Å². The maximum Gasteiger partial charge on any atom is 0.0637 e. The zero-order chi connectivity index (χ0) is 13.1. The molecular weight excluding hydrogens is 269 g/mol. The summed E-state index contributed by atoms with van der Waals surface area (Å²) in [6.45, 7) is 2.87. The highest BCUT2D eigenvalue weighted by atomic mass is 35.5. The quantitative estimate of drug-likeness (QED) is 0.932. The number of aromatic nitrogens is 2. The van der Waals surface area contributed by atoms with Crippen LogP contribution in [-0.2, 0) is 7.05 Å². The molecule has 0 fully saturated rings.